The zero-order valence-electron chi connectivity index (χ0n) is 16.8. The Kier molecular flexibility index (Phi) is 17.1. The first kappa shape index (κ1) is 24.4. The maximum absolute atomic E-state index is 12.0. The molecule has 0 saturated carbocycles. The van der Waals surface area contributed by atoms with Gasteiger partial charge in [-0.05, 0) is 44.6 Å². The van der Waals surface area contributed by atoms with Crippen LogP contribution in [0, 0.1) is 0 Å². The van der Waals surface area contributed by atoms with Crippen molar-refractivity contribution in [1.29, 1.82) is 0 Å². The average Bonchev–Trinajstić information content (AvgIpc) is 2.60. The lowest BCUT2D eigenvalue weighted by Crippen LogP contribution is -2.16. The number of ether oxygens (including phenoxy) is 1. The number of carbonyl (C=O) groups excluding carboxylic acids is 1. The predicted molar refractivity (Wildman–Crippen MR) is 107 cm³/mol. The van der Waals surface area contributed by atoms with Crippen molar-refractivity contribution in [2.24, 2.45) is 0 Å². The second kappa shape index (κ2) is 18.2. The smallest absolute Gasteiger partial charge is 0.306 e. The van der Waals surface area contributed by atoms with E-state index >= 15 is 0 Å². The second-order valence-corrected chi connectivity index (χ2v) is 6.76. The Hall–Kier alpha value is -1.58. The van der Waals surface area contributed by atoms with E-state index in [0.717, 1.165) is 70.6 Å². The van der Waals surface area contributed by atoms with Gasteiger partial charge in [-0.25, -0.2) is 0 Å². The Balaban J connectivity index is 4.23. The number of aliphatic carboxylic acids is 1. The van der Waals surface area contributed by atoms with Gasteiger partial charge in [-0.1, -0.05) is 64.2 Å². The molecule has 0 aliphatic rings. The van der Waals surface area contributed by atoms with Gasteiger partial charge in [0.1, 0.15) is 6.10 Å². The van der Waals surface area contributed by atoms with E-state index in [-0.39, 0.29) is 18.5 Å². The molecule has 0 aromatic carbocycles. The lowest BCUT2D eigenvalue weighted by molar-refractivity contribution is -0.147. The summed E-state index contributed by atoms with van der Waals surface area (Å²) in [6, 6.07) is 0. The SMILES string of the molecule is CCC/C=C\C/C=C\C(CCCCCCC(=O)O)OC(=O)CCCCC. The minimum atomic E-state index is -0.733. The van der Waals surface area contributed by atoms with Gasteiger partial charge in [-0.15, -0.1) is 0 Å². The molecule has 0 radical (unpaired) electrons. The Morgan fingerprint density at radius 3 is 2.31 bits per heavy atom. The van der Waals surface area contributed by atoms with E-state index in [9.17, 15) is 9.59 Å². The molecule has 26 heavy (non-hydrogen) atoms. The monoisotopic (exact) mass is 366 g/mol. The van der Waals surface area contributed by atoms with Crippen LogP contribution in [0.4, 0.5) is 0 Å². The number of carboxylic acid groups (broad SMARTS) is 1. The summed E-state index contributed by atoms with van der Waals surface area (Å²) in [5.41, 5.74) is 0. The maximum atomic E-state index is 12.0. The molecule has 150 valence electrons. The fourth-order valence-electron chi connectivity index (χ4n) is 2.61. The summed E-state index contributed by atoms with van der Waals surface area (Å²) in [7, 11) is 0. The normalized spacial score (nSPS) is 12.7. The Morgan fingerprint density at radius 2 is 1.62 bits per heavy atom. The summed E-state index contributed by atoms with van der Waals surface area (Å²) >= 11 is 0. The Bertz CT molecular complexity index is 412. The average molecular weight is 367 g/mol. The second-order valence-electron chi connectivity index (χ2n) is 6.76. The highest BCUT2D eigenvalue weighted by atomic mass is 16.5. The Morgan fingerprint density at radius 1 is 0.885 bits per heavy atom. The number of esters is 1. The topological polar surface area (TPSA) is 63.6 Å². The fraction of sp³-hybridized carbons (Fsp3) is 0.727. The molecule has 0 amide bonds. The van der Waals surface area contributed by atoms with Crippen LogP contribution in [-0.2, 0) is 14.3 Å². The molecule has 0 heterocycles. The van der Waals surface area contributed by atoms with E-state index in [1.54, 1.807) is 0 Å². The zero-order valence-corrected chi connectivity index (χ0v) is 16.8. The predicted octanol–water partition coefficient (Wildman–Crippen LogP) is 6.21. The van der Waals surface area contributed by atoms with Crippen molar-refractivity contribution in [1.82, 2.24) is 0 Å². The zero-order chi connectivity index (χ0) is 19.5. The summed E-state index contributed by atoms with van der Waals surface area (Å²) in [4.78, 5) is 22.5. The summed E-state index contributed by atoms with van der Waals surface area (Å²) in [5.74, 6) is -0.844. The fourth-order valence-corrected chi connectivity index (χ4v) is 2.61. The molecular formula is C22H38O4. The molecule has 1 atom stereocenters. The molecule has 4 nitrogen and oxygen atoms in total. The maximum Gasteiger partial charge on any atom is 0.306 e. The molecule has 0 spiro atoms. The molecule has 4 heteroatoms. The van der Waals surface area contributed by atoms with Gasteiger partial charge in [-0.2, -0.15) is 0 Å². The van der Waals surface area contributed by atoms with Crippen LogP contribution < -0.4 is 0 Å². The molecule has 0 aliphatic carbocycles. The van der Waals surface area contributed by atoms with Crippen LogP contribution in [0.3, 0.4) is 0 Å². The van der Waals surface area contributed by atoms with Crippen LogP contribution in [-0.4, -0.2) is 23.1 Å². The van der Waals surface area contributed by atoms with Crippen molar-refractivity contribution in [2.45, 2.75) is 103 Å². The highest BCUT2D eigenvalue weighted by Gasteiger charge is 2.11. The van der Waals surface area contributed by atoms with Gasteiger partial charge in [0.25, 0.3) is 0 Å². The standard InChI is InChI=1S/C22H38O4/c1-3-5-7-8-9-13-16-20(26-22(25)19-12-6-4-2)17-14-10-11-15-18-21(23)24/h7-8,13,16,20H,3-6,9-12,14-15,17-19H2,1-2H3,(H,23,24)/b8-7-,16-13-. The van der Waals surface area contributed by atoms with Crippen LogP contribution in [0.15, 0.2) is 24.3 Å². The number of carboxylic acids is 1. The van der Waals surface area contributed by atoms with Gasteiger partial charge in [0.15, 0.2) is 0 Å². The van der Waals surface area contributed by atoms with Crippen molar-refractivity contribution in [3.05, 3.63) is 24.3 Å². The summed E-state index contributed by atoms with van der Waals surface area (Å²) in [6.45, 7) is 4.28. The van der Waals surface area contributed by atoms with Crippen LogP contribution in [0.25, 0.3) is 0 Å². The van der Waals surface area contributed by atoms with E-state index in [0.29, 0.717) is 6.42 Å². The molecular weight excluding hydrogens is 328 g/mol. The molecule has 0 aliphatic heterocycles. The minimum Gasteiger partial charge on any atom is -0.481 e. The summed E-state index contributed by atoms with van der Waals surface area (Å²) in [6.07, 6.45) is 19.5. The van der Waals surface area contributed by atoms with Gasteiger partial charge in [-0.3, -0.25) is 9.59 Å². The number of hydrogen-bond donors (Lipinski definition) is 1. The van der Waals surface area contributed by atoms with E-state index < -0.39 is 5.97 Å². The third kappa shape index (κ3) is 17.2. The van der Waals surface area contributed by atoms with Gasteiger partial charge in [0, 0.05) is 12.8 Å². The van der Waals surface area contributed by atoms with Gasteiger partial charge >= 0.3 is 11.9 Å². The van der Waals surface area contributed by atoms with Crippen LogP contribution in [0.2, 0.25) is 0 Å². The molecule has 0 aromatic heterocycles. The third-order valence-corrected chi connectivity index (χ3v) is 4.14. The first-order valence-corrected chi connectivity index (χ1v) is 10.3. The van der Waals surface area contributed by atoms with Gasteiger partial charge in [0.05, 0.1) is 0 Å². The Labute approximate surface area is 159 Å². The van der Waals surface area contributed by atoms with E-state index in [2.05, 4.69) is 32.1 Å². The van der Waals surface area contributed by atoms with Crippen LogP contribution in [0.1, 0.15) is 97.3 Å². The molecule has 1 unspecified atom stereocenters. The molecule has 0 saturated heterocycles. The van der Waals surface area contributed by atoms with Crippen LogP contribution >= 0.6 is 0 Å². The first-order chi connectivity index (χ1) is 12.6. The number of carbonyl (C=O) groups is 2. The third-order valence-electron chi connectivity index (χ3n) is 4.14. The highest BCUT2D eigenvalue weighted by Crippen LogP contribution is 2.13. The lowest BCUT2D eigenvalue weighted by Gasteiger charge is -2.14. The van der Waals surface area contributed by atoms with Crippen molar-refractivity contribution >= 4 is 11.9 Å². The summed E-state index contributed by atoms with van der Waals surface area (Å²) in [5, 5.41) is 8.65. The number of unbranched alkanes of at least 4 members (excludes halogenated alkanes) is 6. The van der Waals surface area contributed by atoms with Crippen LogP contribution in [0.5, 0.6) is 0 Å². The molecule has 1 N–H and O–H groups in total. The van der Waals surface area contributed by atoms with E-state index in [4.69, 9.17) is 9.84 Å². The lowest BCUT2D eigenvalue weighted by atomic mass is 10.1. The molecule has 0 bridgehead atoms. The van der Waals surface area contributed by atoms with Gasteiger partial charge in [0.2, 0.25) is 0 Å². The first-order valence-electron chi connectivity index (χ1n) is 10.3. The molecule has 0 fully saturated rings. The van der Waals surface area contributed by atoms with Gasteiger partial charge < -0.3 is 9.84 Å². The quantitative estimate of drug-likeness (QED) is 0.189. The van der Waals surface area contributed by atoms with Crippen molar-refractivity contribution in [3.8, 4) is 0 Å². The largest absolute Gasteiger partial charge is 0.481 e. The van der Waals surface area contributed by atoms with E-state index in [1.807, 2.05) is 6.08 Å². The number of rotatable bonds is 17. The molecule has 0 aromatic rings. The highest BCUT2D eigenvalue weighted by molar-refractivity contribution is 5.69. The number of hydrogen-bond acceptors (Lipinski definition) is 3. The van der Waals surface area contributed by atoms with Crippen molar-refractivity contribution in [2.75, 3.05) is 0 Å². The molecule has 0 rings (SSSR count). The van der Waals surface area contributed by atoms with E-state index in [1.165, 1.54) is 0 Å². The van der Waals surface area contributed by atoms with Crippen molar-refractivity contribution in [3.63, 3.8) is 0 Å². The number of allylic oxidation sites excluding steroid dienone is 3. The minimum absolute atomic E-state index is 0.111. The van der Waals surface area contributed by atoms with Crippen molar-refractivity contribution < 1.29 is 19.4 Å². The summed E-state index contributed by atoms with van der Waals surface area (Å²) < 4.78 is 5.63.